The Labute approximate surface area is 136 Å². The molecular weight excluding hydrogens is 308 g/mol. The molecule has 0 unspecified atom stereocenters. The van der Waals surface area contributed by atoms with Crippen molar-refractivity contribution >= 4 is 16.9 Å². The van der Waals surface area contributed by atoms with Gasteiger partial charge in [-0.05, 0) is 12.1 Å². The molecule has 4 aromatic rings. The van der Waals surface area contributed by atoms with Crippen molar-refractivity contribution in [2.75, 3.05) is 0 Å². The van der Waals surface area contributed by atoms with Crippen molar-refractivity contribution in [1.82, 2.24) is 10.1 Å². The average molecular weight is 320 g/mol. The smallest absolute Gasteiger partial charge is 0.374 e. The second-order valence-corrected chi connectivity index (χ2v) is 5.10. The monoisotopic (exact) mass is 320 g/mol. The van der Waals surface area contributed by atoms with E-state index in [9.17, 15) is 4.79 Å². The van der Waals surface area contributed by atoms with Gasteiger partial charge >= 0.3 is 5.97 Å². The van der Waals surface area contributed by atoms with Gasteiger partial charge in [0.2, 0.25) is 11.6 Å². The van der Waals surface area contributed by atoms with Gasteiger partial charge in [-0.15, -0.1) is 0 Å². The number of carbonyl (C=O) groups is 1. The van der Waals surface area contributed by atoms with E-state index in [4.69, 9.17) is 13.7 Å². The summed E-state index contributed by atoms with van der Waals surface area (Å²) in [6, 6.07) is 18.4. The molecule has 0 aliphatic heterocycles. The number of esters is 1. The molecule has 0 saturated carbocycles. The highest BCUT2D eigenvalue weighted by Gasteiger charge is 2.16. The minimum Gasteiger partial charge on any atom is -0.450 e. The van der Waals surface area contributed by atoms with Crippen LogP contribution in [0.15, 0.2) is 69.6 Å². The third kappa shape index (κ3) is 2.77. The van der Waals surface area contributed by atoms with Crippen LogP contribution < -0.4 is 0 Å². The molecule has 0 N–H and O–H groups in total. The lowest BCUT2D eigenvalue weighted by Gasteiger charge is -1.97. The van der Waals surface area contributed by atoms with E-state index in [1.54, 1.807) is 12.1 Å². The Kier molecular flexibility index (Phi) is 3.55. The largest absolute Gasteiger partial charge is 0.450 e. The standard InChI is InChI=1S/C18H12N2O4/c21-18(15-10-13-8-4-5-9-14(13)23-15)22-11-16-19-17(20-24-16)12-6-2-1-3-7-12/h1-10H,11H2. The molecule has 6 nitrogen and oxygen atoms in total. The van der Waals surface area contributed by atoms with Crippen LogP contribution >= 0.6 is 0 Å². The maximum Gasteiger partial charge on any atom is 0.374 e. The van der Waals surface area contributed by atoms with Gasteiger partial charge in [0.25, 0.3) is 5.89 Å². The second-order valence-electron chi connectivity index (χ2n) is 5.10. The van der Waals surface area contributed by atoms with Crippen LogP contribution in [0.4, 0.5) is 0 Å². The molecule has 6 heteroatoms. The van der Waals surface area contributed by atoms with Crippen molar-refractivity contribution < 1.29 is 18.5 Å². The summed E-state index contributed by atoms with van der Waals surface area (Å²) in [7, 11) is 0. The lowest BCUT2D eigenvalue weighted by Crippen LogP contribution is -2.04. The summed E-state index contributed by atoms with van der Waals surface area (Å²) in [4.78, 5) is 16.3. The third-order valence-corrected chi connectivity index (χ3v) is 3.45. The minimum absolute atomic E-state index is 0.115. The number of carbonyl (C=O) groups excluding carboxylic acids is 1. The molecule has 0 aliphatic carbocycles. The maximum absolute atomic E-state index is 12.1. The van der Waals surface area contributed by atoms with Gasteiger partial charge in [-0.3, -0.25) is 0 Å². The highest BCUT2D eigenvalue weighted by atomic mass is 16.6. The van der Waals surface area contributed by atoms with Crippen molar-refractivity contribution in [2.45, 2.75) is 6.61 Å². The highest BCUT2D eigenvalue weighted by Crippen LogP contribution is 2.20. The van der Waals surface area contributed by atoms with Gasteiger partial charge in [0.15, 0.2) is 6.61 Å². The van der Waals surface area contributed by atoms with Gasteiger partial charge in [-0.2, -0.15) is 4.98 Å². The Hall–Kier alpha value is -3.41. The van der Waals surface area contributed by atoms with Crippen LogP contribution in [0.5, 0.6) is 0 Å². The van der Waals surface area contributed by atoms with Crippen molar-refractivity contribution in [2.24, 2.45) is 0 Å². The first-order valence-corrected chi connectivity index (χ1v) is 7.33. The summed E-state index contributed by atoms with van der Waals surface area (Å²) in [6.07, 6.45) is 0. The Bertz CT molecular complexity index is 955. The summed E-state index contributed by atoms with van der Waals surface area (Å²) in [5.41, 5.74) is 1.46. The van der Waals surface area contributed by atoms with Crippen molar-refractivity contribution in [3.63, 3.8) is 0 Å². The minimum atomic E-state index is -0.578. The van der Waals surface area contributed by atoms with Gasteiger partial charge in [0.1, 0.15) is 5.58 Å². The number of aromatic nitrogens is 2. The van der Waals surface area contributed by atoms with Crippen LogP contribution in [0.2, 0.25) is 0 Å². The molecule has 2 aromatic carbocycles. The van der Waals surface area contributed by atoms with Crippen LogP contribution in [0, 0.1) is 0 Å². The van der Waals surface area contributed by atoms with Gasteiger partial charge < -0.3 is 13.7 Å². The molecular formula is C18H12N2O4. The molecule has 0 saturated heterocycles. The number of hydrogen-bond donors (Lipinski definition) is 0. The number of nitrogens with zero attached hydrogens (tertiary/aromatic N) is 2. The number of furan rings is 1. The summed E-state index contributed by atoms with van der Waals surface area (Å²) in [5.74, 6) is 0.230. The Morgan fingerprint density at radius 3 is 2.67 bits per heavy atom. The van der Waals surface area contributed by atoms with Crippen LogP contribution in [0.3, 0.4) is 0 Å². The second kappa shape index (κ2) is 6.00. The van der Waals surface area contributed by atoms with E-state index in [-0.39, 0.29) is 18.3 Å². The molecule has 0 radical (unpaired) electrons. The topological polar surface area (TPSA) is 78.4 Å². The Morgan fingerprint density at radius 2 is 1.83 bits per heavy atom. The first-order chi connectivity index (χ1) is 11.8. The average Bonchev–Trinajstić information content (AvgIpc) is 3.27. The predicted molar refractivity (Wildman–Crippen MR) is 85.1 cm³/mol. The van der Waals surface area contributed by atoms with E-state index in [0.29, 0.717) is 11.4 Å². The molecule has 24 heavy (non-hydrogen) atoms. The van der Waals surface area contributed by atoms with Crippen LogP contribution in [-0.4, -0.2) is 16.1 Å². The molecule has 0 aliphatic rings. The lowest BCUT2D eigenvalue weighted by molar-refractivity contribution is 0.0396. The number of benzene rings is 2. The number of ether oxygens (including phenoxy) is 1. The summed E-state index contributed by atoms with van der Waals surface area (Å²) < 4.78 is 15.7. The van der Waals surface area contributed by atoms with Gasteiger partial charge in [-0.1, -0.05) is 53.7 Å². The predicted octanol–water partition coefficient (Wildman–Crippen LogP) is 3.84. The fourth-order valence-corrected chi connectivity index (χ4v) is 2.30. The Balaban J connectivity index is 1.45. The zero-order valence-electron chi connectivity index (χ0n) is 12.5. The quantitative estimate of drug-likeness (QED) is 0.532. The lowest BCUT2D eigenvalue weighted by atomic mass is 10.2. The van der Waals surface area contributed by atoms with Crippen molar-refractivity contribution in [1.29, 1.82) is 0 Å². The maximum atomic E-state index is 12.1. The van der Waals surface area contributed by atoms with Crippen LogP contribution in [0.1, 0.15) is 16.4 Å². The van der Waals surface area contributed by atoms with Crippen LogP contribution in [0.25, 0.3) is 22.4 Å². The molecule has 2 heterocycles. The number of hydrogen-bond acceptors (Lipinski definition) is 6. The molecule has 0 fully saturated rings. The molecule has 118 valence electrons. The third-order valence-electron chi connectivity index (χ3n) is 3.45. The van der Waals surface area contributed by atoms with E-state index in [1.807, 2.05) is 48.5 Å². The fraction of sp³-hybridized carbons (Fsp3) is 0.0556. The highest BCUT2D eigenvalue weighted by molar-refractivity contribution is 5.92. The molecule has 4 rings (SSSR count). The molecule has 2 aromatic heterocycles. The van der Waals surface area contributed by atoms with E-state index in [2.05, 4.69) is 10.1 Å². The van der Waals surface area contributed by atoms with Crippen molar-refractivity contribution in [3.8, 4) is 11.4 Å². The zero-order valence-corrected chi connectivity index (χ0v) is 12.5. The van der Waals surface area contributed by atoms with Crippen molar-refractivity contribution in [3.05, 3.63) is 72.3 Å². The first-order valence-electron chi connectivity index (χ1n) is 7.33. The van der Waals surface area contributed by atoms with E-state index >= 15 is 0 Å². The van der Waals surface area contributed by atoms with E-state index < -0.39 is 5.97 Å². The first kappa shape index (κ1) is 14.2. The SMILES string of the molecule is O=C(OCc1nc(-c2ccccc2)no1)c1cc2ccccc2o1. The number of rotatable bonds is 4. The summed E-state index contributed by atoms with van der Waals surface area (Å²) >= 11 is 0. The normalized spacial score (nSPS) is 10.8. The fourth-order valence-electron chi connectivity index (χ4n) is 2.30. The Morgan fingerprint density at radius 1 is 1.04 bits per heavy atom. The van der Waals surface area contributed by atoms with E-state index in [0.717, 1.165) is 10.9 Å². The van der Waals surface area contributed by atoms with E-state index in [1.165, 1.54) is 0 Å². The molecule has 0 amide bonds. The number of para-hydroxylation sites is 1. The summed E-state index contributed by atoms with van der Waals surface area (Å²) in [5, 5.41) is 4.71. The van der Waals surface area contributed by atoms with Crippen LogP contribution in [-0.2, 0) is 11.3 Å². The molecule has 0 bridgehead atoms. The summed E-state index contributed by atoms with van der Waals surface area (Å²) in [6.45, 7) is -0.115. The number of fused-ring (bicyclic) bond motifs is 1. The zero-order chi connectivity index (χ0) is 16.4. The van der Waals surface area contributed by atoms with Gasteiger partial charge in [0.05, 0.1) is 0 Å². The molecule has 0 spiro atoms. The molecule has 0 atom stereocenters. The van der Waals surface area contributed by atoms with Gasteiger partial charge in [0, 0.05) is 10.9 Å². The van der Waals surface area contributed by atoms with Gasteiger partial charge in [-0.25, -0.2) is 4.79 Å².